The van der Waals surface area contributed by atoms with E-state index in [0.29, 0.717) is 48.5 Å². The van der Waals surface area contributed by atoms with E-state index >= 15 is 0 Å². The van der Waals surface area contributed by atoms with Crippen LogP contribution in [0.2, 0.25) is 0 Å². The molecule has 0 atom stereocenters. The van der Waals surface area contributed by atoms with E-state index in [0.717, 1.165) is 11.3 Å². The van der Waals surface area contributed by atoms with E-state index in [9.17, 15) is 22.7 Å². The largest absolute Gasteiger partial charge is 0.478 e. The predicted octanol–water partition coefficient (Wildman–Crippen LogP) is 6.08. The number of pyridine rings is 1. The topological polar surface area (TPSA) is 103 Å². The number of carbonyl (C=O) groups is 1. The number of hydrogen-bond donors (Lipinski definition) is 2. The number of aryl methyl sites for hydroxylation is 2. The van der Waals surface area contributed by atoms with Gasteiger partial charge < -0.3 is 14.9 Å². The Labute approximate surface area is 256 Å². The van der Waals surface area contributed by atoms with Gasteiger partial charge in [-0.25, -0.2) is 22.6 Å². The van der Waals surface area contributed by atoms with Gasteiger partial charge >= 0.3 is 5.97 Å². The van der Waals surface area contributed by atoms with E-state index in [2.05, 4.69) is 14.6 Å². The van der Waals surface area contributed by atoms with Crippen molar-refractivity contribution in [2.24, 2.45) is 0 Å². The number of nitrogens with zero attached hydrogens (tertiary/aromatic N) is 3. The van der Waals surface area contributed by atoms with Crippen LogP contribution in [0.5, 0.6) is 0 Å². The highest BCUT2D eigenvalue weighted by Gasteiger charge is 2.22. The molecular weight excluding hydrogens is 614 g/mol. The lowest BCUT2D eigenvalue weighted by Gasteiger charge is -2.37. The Bertz CT molecular complexity index is 1650. The molecule has 0 spiro atoms. The third-order valence-electron chi connectivity index (χ3n) is 6.69. The Hall–Kier alpha value is -3.31. The zero-order chi connectivity index (χ0) is 27.0. The lowest BCUT2D eigenvalue weighted by atomic mass is 10.1. The Morgan fingerprint density at radius 3 is 2.12 bits per heavy atom. The van der Waals surface area contributed by atoms with Gasteiger partial charge in [-0.05, 0) is 74.0 Å². The molecule has 0 bridgehead atoms. The quantitative estimate of drug-likeness (QED) is 0.263. The van der Waals surface area contributed by atoms with Crippen molar-refractivity contribution in [3.8, 4) is 0 Å². The normalized spacial score (nSPS) is 13.0. The molecule has 2 N–H and O–H groups in total. The van der Waals surface area contributed by atoms with E-state index in [1.165, 1.54) is 24.3 Å². The zero-order valence-corrected chi connectivity index (χ0v) is 25.5. The highest BCUT2D eigenvalue weighted by molar-refractivity contribution is 7.92. The molecule has 1 aliphatic rings. The zero-order valence-electron chi connectivity index (χ0n) is 22.2. The number of rotatable bonds is 6. The number of sulfonamides is 1. The van der Waals surface area contributed by atoms with Gasteiger partial charge in [0.25, 0.3) is 10.0 Å². The average molecular weight is 644 g/mol. The standard InChI is InChI=1S/C28H27FN4O4S.3ClH/c1-18-3-10-26(19(2)15-18)38(36,37)31-21-6-9-25-23(16-21)24(28(34)35)17-27(30-25)33-13-11-32(12-14-33)22-7-4-20(29)5-8-22;;;/h3-10,15-17,31H,11-14H2,1-2H3,(H,34,35);3*1H. The maximum absolute atomic E-state index is 13.3. The van der Waals surface area contributed by atoms with E-state index in [1.807, 2.05) is 11.8 Å². The molecule has 0 radical (unpaired) electrons. The number of nitrogens with one attached hydrogen (secondary N) is 1. The van der Waals surface area contributed by atoms with Crippen molar-refractivity contribution in [2.45, 2.75) is 18.7 Å². The Balaban J connectivity index is 0.00000196. The molecule has 1 aromatic heterocycles. The summed E-state index contributed by atoms with van der Waals surface area (Å²) in [5.41, 5.74) is 3.25. The van der Waals surface area contributed by atoms with Crippen molar-refractivity contribution in [2.75, 3.05) is 40.7 Å². The van der Waals surface area contributed by atoms with Gasteiger partial charge in [-0.15, -0.1) is 37.2 Å². The molecule has 0 amide bonds. The minimum Gasteiger partial charge on any atom is -0.478 e. The van der Waals surface area contributed by atoms with Crippen molar-refractivity contribution < 1.29 is 22.7 Å². The molecule has 5 rings (SSSR count). The number of anilines is 3. The second-order valence-electron chi connectivity index (χ2n) is 9.39. The number of piperazine rings is 1. The molecule has 13 heteroatoms. The lowest BCUT2D eigenvalue weighted by molar-refractivity contribution is 0.0699. The van der Waals surface area contributed by atoms with E-state index < -0.39 is 16.0 Å². The number of halogens is 4. The van der Waals surface area contributed by atoms with Gasteiger partial charge in [0.2, 0.25) is 0 Å². The van der Waals surface area contributed by atoms with Crippen LogP contribution in [0, 0.1) is 19.7 Å². The highest BCUT2D eigenvalue weighted by atomic mass is 35.5. The van der Waals surface area contributed by atoms with Crippen molar-refractivity contribution in [3.05, 3.63) is 89.2 Å². The first-order chi connectivity index (χ1) is 18.1. The van der Waals surface area contributed by atoms with Gasteiger partial charge in [-0.3, -0.25) is 4.72 Å². The number of hydrogen-bond acceptors (Lipinski definition) is 6. The molecule has 8 nitrogen and oxygen atoms in total. The Morgan fingerprint density at radius 1 is 0.878 bits per heavy atom. The van der Waals surface area contributed by atoms with Crippen molar-refractivity contribution in [1.82, 2.24) is 4.98 Å². The Kier molecular flexibility index (Phi) is 11.2. The minimum absolute atomic E-state index is 0. The molecule has 1 aliphatic heterocycles. The number of benzene rings is 3. The molecule has 3 aromatic carbocycles. The maximum atomic E-state index is 13.3. The van der Waals surface area contributed by atoms with Gasteiger partial charge in [-0.2, -0.15) is 0 Å². The number of carboxylic acid groups (broad SMARTS) is 1. The van der Waals surface area contributed by atoms with Crippen LogP contribution < -0.4 is 14.5 Å². The predicted molar refractivity (Wildman–Crippen MR) is 168 cm³/mol. The van der Waals surface area contributed by atoms with Crippen LogP contribution in [0.3, 0.4) is 0 Å². The second-order valence-corrected chi connectivity index (χ2v) is 11.0. The summed E-state index contributed by atoms with van der Waals surface area (Å²) in [7, 11) is -3.87. The summed E-state index contributed by atoms with van der Waals surface area (Å²) in [5.74, 6) is -0.870. The molecule has 1 fully saturated rings. The molecule has 41 heavy (non-hydrogen) atoms. The minimum atomic E-state index is -3.87. The summed E-state index contributed by atoms with van der Waals surface area (Å²) in [6.45, 7) is 6.20. The summed E-state index contributed by atoms with van der Waals surface area (Å²) in [6.07, 6.45) is 0. The SMILES string of the molecule is Cc1ccc(S(=O)(=O)Nc2ccc3nc(N4CCN(c5ccc(F)cc5)CC4)cc(C(=O)O)c3c2)c(C)c1.Cl.Cl.Cl. The lowest BCUT2D eigenvalue weighted by Crippen LogP contribution is -2.46. The van der Waals surface area contributed by atoms with Crippen LogP contribution in [0.25, 0.3) is 10.9 Å². The molecule has 0 saturated carbocycles. The van der Waals surface area contributed by atoms with Crippen LogP contribution in [-0.4, -0.2) is 50.7 Å². The molecule has 1 saturated heterocycles. The fourth-order valence-electron chi connectivity index (χ4n) is 4.77. The van der Waals surface area contributed by atoms with Gasteiger partial charge in [0.05, 0.1) is 16.0 Å². The van der Waals surface area contributed by atoms with Gasteiger partial charge in [0.1, 0.15) is 11.6 Å². The number of aromatic carboxylic acids is 1. The van der Waals surface area contributed by atoms with Crippen molar-refractivity contribution in [3.63, 3.8) is 0 Å². The van der Waals surface area contributed by atoms with E-state index in [-0.39, 0.29) is 59.2 Å². The number of fused-ring (bicyclic) bond motifs is 1. The van der Waals surface area contributed by atoms with Gasteiger partial charge in [-0.1, -0.05) is 17.7 Å². The van der Waals surface area contributed by atoms with Crippen LogP contribution in [0.4, 0.5) is 21.6 Å². The molecule has 0 aliphatic carbocycles. The van der Waals surface area contributed by atoms with Crippen molar-refractivity contribution in [1.29, 1.82) is 0 Å². The highest BCUT2D eigenvalue weighted by Crippen LogP contribution is 2.29. The summed E-state index contributed by atoms with van der Waals surface area (Å²) in [4.78, 5) is 21.2. The summed E-state index contributed by atoms with van der Waals surface area (Å²) in [5, 5.41) is 10.3. The fourth-order valence-corrected chi connectivity index (χ4v) is 6.05. The molecule has 2 heterocycles. The van der Waals surface area contributed by atoms with Crippen LogP contribution in [0.15, 0.2) is 71.6 Å². The van der Waals surface area contributed by atoms with Crippen LogP contribution >= 0.6 is 37.2 Å². The summed E-state index contributed by atoms with van der Waals surface area (Å²) in [6, 6.07) is 17.7. The third kappa shape index (κ3) is 7.32. The van der Waals surface area contributed by atoms with E-state index in [4.69, 9.17) is 0 Å². The third-order valence-corrected chi connectivity index (χ3v) is 8.23. The molecule has 0 unspecified atom stereocenters. The maximum Gasteiger partial charge on any atom is 0.336 e. The first kappa shape index (κ1) is 33.9. The first-order valence-corrected chi connectivity index (χ1v) is 13.6. The van der Waals surface area contributed by atoms with Crippen LogP contribution in [0.1, 0.15) is 21.5 Å². The monoisotopic (exact) mass is 642 g/mol. The molecule has 220 valence electrons. The van der Waals surface area contributed by atoms with E-state index in [1.54, 1.807) is 49.4 Å². The summed E-state index contributed by atoms with van der Waals surface area (Å²) >= 11 is 0. The van der Waals surface area contributed by atoms with Gasteiger partial charge in [0, 0.05) is 42.9 Å². The Morgan fingerprint density at radius 2 is 1.51 bits per heavy atom. The smallest absolute Gasteiger partial charge is 0.336 e. The fraction of sp³-hybridized carbons (Fsp3) is 0.214. The average Bonchev–Trinajstić information content (AvgIpc) is 2.88. The summed E-state index contributed by atoms with van der Waals surface area (Å²) < 4.78 is 41.9. The number of carboxylic acids is 1. The first-order valence-electron chi connectivity index (χ1n) is 12.1. The molecular formula is C28H30Cl3FN4O4S. The molecule has 4 aromatic rings. The van der Waals surface area contributed by atoms with Gasteiger partial charge in [0.15, 0.2) is 0 Å². The number of aromatic nitrogens is 1. The second kappa shape index (κ2) is 13.6. The van der Waals surface area contributed by atoms with Crippen LogP contribution in [-0.2, 0) is 10.0 Å². The van der Waals surface area contributed by atoms with Crippen molar-refractivity contribution >= 4 is 81.3 Å².